The molecule has 0 aromatic heterocycles. The van der Waals surface area contributed by atoms with Crippen molar-refractivity contribution in [2.24, 2.45) is 0 Å². The normalized spacial score (nSPS) is 17.5. The number of carbonyl (C=O) groups excluding carboxylic acids is 2. The van der Waals surface area contributed by atoms with Crippen molar-refractivity contribution in [1.82, 2.24) is 30.2 Å². The second-order valence-corrected chi connectivity index (χ2v) is 10.2. The Morgan fingerprint density at radius 3 is 1.39 bits per heavy atom. The van der Waals surface area contributed by atoms with Gasteiger partial charge in [0.1, 0.15) is 6.04 Å². The van der Waals surface area contributed by atoms with Gasteiger partial charge in [-0.2, -0.15) is 0 Å². The lowest BCUT2D eigenvalue weighted by Gasteiger charge is -2.33. The van der Waals surface area contributed by atoms with Crippen LogP contribution in [0.2, 0.25) is 0 Å². The largest absolute Gasteiger partial charge is 0.480 e. The van der Waals surface area contributed by atoms with E-state index in [9.17, 15) is 39.3 Å². The zero-order valence-electron chi connectivity index (χ0n) is 23.8. The fraction of sp³-hybridized carbons (Fsp3) is 0.593. The van der Waals surface area contributed by atoms with Crippen LogP contribution in [0.5, 0.6) is 0 Å². The van der Waals surface area contributed by atoms with E-state index in [2.05, 4.69) is 10.6 Å². The van der Waals surface area contributed by atoms with Gasteiger partial charge in [-0.1, -0.05) is 29.8 Å². The summed E-state index contributed by atoms with van der Waals surface area (Å²) in [5.41, 5.74) is 1.97. The van der Waals surface area contributed by atoms with Gasteiger partial charge in [-0.15, -0.1) is 0 Å². The molecule has 1 aromatic rings. The highest BCUT2D eigenvalue weighted by atomic mass is 16.4. The van der Waals surface area contributed by atoms with Gasteiger partial charge in [0.25, 0.3) is 0 Å². The SMILES string of the molecule is CNC(=O)[C@@H](Cc1ccc(C)cc1)NC(=O)CN1CCN(CC(=O)O)CCN(CC(=O)O)CCN(CC(=O)O)CC1. The van der Waals surface area contributed by atoms with Gasteiger partial charge in [0.15, 0.2) is 0 Å². The predicted octanol–water partition coefficient (Wildman–Crippen LogP) is -1.76. The van der Waals surface area contributed by atoms with Gasteiger partial charge >= 0.3 is 17.9 Å². The molecule has 0 saturated carbocycles. The van der Waals surface area contributed by atoms with Crippen LogP contribution in [0.3, 0.4) is 0 Å². The topological polar surface area (TPSA) is 183 Å². The minimum Gasteiger partial charge on any atom is -0.480 e. The lowest BCUT2D eigenvalue weighted by Crippen LogP contribution is -2.52. The number of carbonyl (C=O) groups is 5. The average molecular weight is 579 g/mol. The fourth-order valence-electron chi connectivity index (χ4n) is 4.57. The molecule has 2 rings (SSSR count). The van der Waals surface area contributed by atoms with Crippen LogP contribution in [-0.2, 0) is 30.4 Å². The molecule has 41 heavy (non-hydrogen) atoms. The van der Waals surface area contributed by atoms with Crippen molar-refractivity contribution in [3.63, 3.8) is 0 Å². The number of carboxylic acids is 3. The van der Waals surface area contributed by atoms with Crippen LogP contribution in [0.15, 0.2) is 24.3 Å². The third kappa shape index (κ3) is 13.5. The molecule has 1 heterocycles. The van der Waals surface area contributed by atoms with Crippen LogP contribution < -0.4 is 10.6 Å². The third-order valence-electron chi connectivity index (χ3n) is 6.83. The molecule has 0 spiro atoms. The maximum Gasteiger partial charge on any atom is 0.317 e. The van der Waals surface area contributed by atoms with E-state index in [1.54, 1.807) is 14.7 Å². The van der Waals surface area contributed by atoms with E-state index in [4.69, 9.17) is 0 Å². The number of aliphatic carboxylic acids is 3. The summed E-state index contributed by atoms with van der Waals surface area (Å²) in [5, 5.41) is 33.4. The van der Waals surface area contributed by atoms with E-state index in [-0.39, 0.29) is 64.2 Å². The smallest absolute Gasteiger partial charge is 0.317 e. The summed E-state index contributed by atoms with van der Waals surface area (Å²) >= 11 is 0. The zero-order valence-corrected chi connectivity index (χ0v) is 23.8. The van der Waals surface area contributed by atoms with Crippen molar-refractivity contribution in [2.75, 3.05) is 85.6 Å². The molecule has 228 valence electrons. The molecule has 1 aliphatic rings. The van der Waals surface area contributed by atoms with E-state index >= 15 is 0 Å². The molecular weight excluding hydrogens is 536 g/mol. The first-order chi connectivity index (χ1) is 19.4. The molecule has 1 atom stereocenters. The fourth-order valence-corrected chi connectivity index (χ4v) is 4.57. The molecule has 1 saturated heterocycles. The van der Waals surface area contributed by atoms with Gasteiger partial charge in [-0.3, -0.25) is 43.6 Å². The maximum absolute atomic E-state index is 13.1. The number of aryl methyl sites for hydroxylation is 1. The summed E-state index contributed by atoms with van der Waals surface area (Å²) in [6.07, 6.45) is 0.303. The van der Waals surface area contributed by atoms with E-state index in [1.165, 1.54) is 7.05 Å². The van der Waals surface area contributed by atoms with Crippen LogP contribution in [0.1, 0.15) is 11.1 Å². The van der Waals surface area contributed by atoms with E-state index in [0.29, 0.717) is 32.6 Å². The standard InChI is InChI=1S/C27H42N6O8/c1-20-3-5-21(6-4-20)15-22(27(41)28-2)29-23(34)16-30-7-9-31(17-24(35)36)11-13-33(19-26(39)40)14-12-32(10-8-30)18-25(37)38/h3-6,22H,7-19H2,1-2H3,(H,28,41)(H,29,34)(H,35,36)(H,37,38)(H,39,40)/t22-/m1/s1. The first-order valence-corrected chi connectivity index (χ1v) is 13.6. The number of hydrogen-bond acceptors (Lipinski definition) is 9. The predicted molar refractivity (Wildman–Crippen MR) is 150 cm³/mol. The lowest BCUT2D eigenvalue weighted by atomic mass is 10.0. The van der Waals surface area contributed by atoms with E-state index < -0.39 is 23.9 Å². The number of nitrogens with one attached hydrogen (secondary N) is 2. The van der Waals surface area contributed by atoms with Crippen LogP contribution in [0, 0.1) is 6.92 Å². The molecule has 14 nitrogen and oxygen atoms in total. The van der Waals surface area contributed by atoms with Crippen molar-refractivity contribution in [1.29, 1.82) is 0 Å². The first-order valence-electron chi connectivity index (χ1n) is 13.6. The summed E-state index contributed by atoms with van der Waals surface area (Å²) in [7, 11) is 1.50. The summed E-state index contributed by atoms with van der Waals surface area (Å²) < 4.78 is 0. The van der Waals surface area contributed by atoms with Crippen molar-refractivity contribution >= 4 is 29.7 Å². The number of hydrogen-bond donors (Lipinski definition) is 5. The van der Waals surface area contributed by atoms with Crippen LogP contribution in [0.25, 0.3) is 0 Å². The van der Waals surface area contributed by atoms with Gasteiger partial charge in [0, 0.05) is 65.8 Å². The number of benzene rings is 1. The van der Waals surface area contributed by atoms with Crippen molar-refractivity contribution in [3.8, 4) is 0 Å². The van der Waals surface area contributed by atoms with E-state index in [1.807, 2.05) is 36.1 Å². The second-order valence-electron chi connectivity index (χ2n) is 10.2. The minimum absolute atomic E-state index is 0.0750. The molecule has 1 aromatic carbocycles. The van der Waals surface area contributed by atoms with Crippen LogP contribution >= 0.6 is 0 Å². The summed E-state index contributed by atoms with van der Waals surface area (Å²) in [6, 6.07) is 6.87. The molecule has 0 radical (unpaired) electrons. The highest BCUT2D eigenvalue weighted by molar-refractivity contribution is 5.88. The van der Waals surface area contributed by atoms with Crippen LogP contribution in [-0.4, -0.2) is 156 Å². The zero-order chi connectivity index (χ0) is 30.4. The summed E-state index contributed by atoms with van der Waals surface area (Å²) in [4.78, 5) is 66.8. The Morgan fingerprint density at radius 2 is 1.05 bits per heavy atom. The maximum atomic E-state index is 13.1. The number of likely N-dealkylation sites (N-methyl/N-ethyl adjacent to an activating group) is 1. The van der Waals surface area contributed by atoms with Crippen molar-refractivity contribution in [2.45, 2.75) is 19.4 Å². The summed E-state index contributed by atoms with van der Waals surface area (Å²) in [6.45, 7) is 3.49. The van der Waals surface area contributed by atoms with Gasteiger partial charge in [-0.05, 0) is 12.5 Å². The second kappa shape index (κ2) is 17.3. The minimum atomic E-state index is -1.03. The quantitative estimate of drug-likeness (QED) is 0.189. The average Bonchev–Trinajstić information content (AvgIpc) is 2.89. The number of rotatable bonds is 12. The number of carboxylic acid groups (broad SMARTS) is 3. The van der Waals surface area contributed by atoms with E-state index in [0.717, 1.165) is 11.1 Å². The lowest BCUT2D eigenvalue weighted by molar-refractivity contribution is -0.140. The van der Waals surface area contributed by atoms with Gasteiger partial charge in [-0.25, -0.2) is 0 Å². The summed E-state index contributed by atoms with van der Waals surface area (Å²) in [5.74, 6) is -3.80. The van der Waals surface area contributed by atoms with Gasteiger partial charge in [0.2, 0.25) is 11.8 Å². The molecule has 0 unspecified atom stereocenters. The molecule has 1 aliphatic heterocycles. The highest BCUT2D eigenvalue weighted by Crippen LogP contribution is 2.07. The third-order valence-corrected chi connectivity index (χ3v) is 6.83. The Morgan fingerprint density at radius 1 is 0.683 bits per heavy atom. The number of nitrogens with zero attached hydrogens (tertiary/aromatic N) is 4. The Labute approximate surface area is 239 Å². The van der Waals surface area contributed by atoms with Gasteiger partial charge < -0.3 is 26.0 Å². The monoisotopic (exact) mass is 578 g/mol. The molecule has 2 amide bonds. The molecule has 0 aliphatic carbocycles. The van der Waals surface area contributed by atoms with Crippen molar-refractivity contribution < 1.29 is 39.3 Å². The highest BCUT2D eigenvalue weighted by Gasteiger charge is 2.24. The Balaban J connectivity index is 2.15. The Hall–Kier alpha value is -3.59. The van der Waals surface area contributed by atoms with Crippen LogP contribution in [0.4, 0.5) is 0 Å². The van der Waals surface area contributed by atoms with Crippen molar-refractivity contribution in [3.05, 3.63) is 35.4 Å². The molecule has 14 heteroatoms. The Bertz CT molecular complexity index is 1010. The van der Waals surface area contributed by atoms with Gasteiger partial charge in [0.05, 0.1) is 26.2 Å². The molecule has 1 fully saturated rings. The Kier molecular flexibility index (Phi) is 14.2. The number of amides is 2. The molecule has 5 N–H and O–H groups in total. The molecular formula is C27H42N6O8. The molecule has 0 bridgehead atoms. The first kappa shape index (κ1) is 33.6.